The summed E-state index contributed by atoms with van der Waals surface area (Å²) in [4.78, 5) is 17.4. The Morgan fingerprint density at radius 1 is 1.71 bits per heavy atom. The van der Waals surface area contributed by atoms with E-state index in [9.17, 15) is 4.79 Å². The van der Waals surface area contributed by atoms with Crippen molar-refractivity contribution >= 4 is 17.2 Å². The molecule has 94 valence electrons. The van der Waals surface area contributed by atoms with Gasteiger partial charge in [0, 0.05) is 11.1 Å². The maximum absolute atomic E-state index is 11.9. The molecule has 5 heteroatoms. The summed E-state index contributed by atoms with van der Waals surface area (Å²) in [6.07, 6.45) is 4.99. The van der Waals surface area contributed by atoms with Gasteiger partial charge in [-0.2, -0.15) is 0 Å². The van der Waals surface area contributed by atoms with Crippen LogP contribution in [-0.2, 0) is 17.8 Å². The van der Waals surface area contributed by atoms with Crippen LogP contribution in [0.2, 0.25) is 0 Å². The van der Waals surface area contributed by atoms with Gasteiger partial charge in [0.05, 0.1) is 12.1 Å². The third kappa shape index (κ3) is 2.84. The van der Waals surface area contributed by atoms with Crippen LogP contribution >= 0.6 is 11.3 Å². The minimum Gasteiger partial charge on any atom is -0.348 e. The minimum atomic E-state index is -0.717. The van der Waals surface area contributed by atoms with E-state index >= 15 is 0 Å². The van der Waals surface area contributed by atoms with E-state index in [0.29, 0.717) is 12.5 Å². The predicted octanol–water partition coefficient (Wildman–Crippen LogP) is 1.45. The Balaban J connectivity index is 1.87. The van der Waals surface area contributed by atoms with Crippen molar-refractivity contribution in [1.82, 2.24) is 10.3 Å². The smallest absolute Gasteiger partial charge is 0.240 e. The van der Waals surface area contributed by atoms with E-state index in [1.807, 2.05) is 13.1 Å². The number of rotatable bonds is 5. The molecule has 1 aromatic rings. The predicted molar refractivity (Wildman–Crippen MR) is 68.7 cm³/mol. The Morgan fingerprint density at radius 3 is 2.94 bits per heavy atom. The zero-order valence-electron chi connectivity index (χ0n) is 10.3. The van der Waals surface area contributed by atoms with Gasteiger partial charge in [-0.3, -0.25) is 4.79 Å². The first-order chi connectivity index (χ1) is 8.04. The molecule has 3 N–H and O–H groups in total. The van der Waals surface area contributed by atoms with E-state index < -0.39 is 5.54 Å². The van der Waals surface area contributed by atoms with Crippen LogP contribution in [0.1, 0.15) is 36.6 Å². The fraction of sp³-hybridized carbons (Fsp3) is 0.667. The van der Waals surface area contributed by atoms with Crippen molar-refractivity contribution in [2.75, 3.05) is 0 Å². The molecule has 1 amide bonds. The van der Waals surface area contributed by atoms with E-state index in [-0.39, 0.29) is 5.91 Å². The van der Waals surface area contributed by atoms with Crippen LogP contribution in [0.5, 0.6) is 0 Å². The number of aryl methyl sites for hydroxylation is 1. The topological polar surface area (TPSA) is 68.0 Å². The van der Waals surface area contributed by atoms with Crippen LogP contribution in [0.3, 0.4) is 0 Å². The lowest BCUT2D eigenvalue weighted by Gasteiger charge is -2.22. The fourth-order valence-electron chi connectivity index (χ4n) is 1.81. The number of nitrogens with one attached hydrogen (secondary N) is 1. The largest absolute Gasteiger partial charge is 0.348 e. The molecule has 4 nitrogen and oxygen atoms in total. The molecule has 0 spiro atoms. The molecule has 1 unspecified atom stereocenters. The van der Waals surface area contributed by atoms with Crippen molar-refractivity contribution in [1.29, 1.82) is 0 Å². The Labute approximate surface area is 106 Å². The monoisotopic (exact) mass is 253 g/mol. The fourth-order valence-corrected chi connectivity index (χ4v) is 2.61. The molecule has 1 aliphatic rings. The lowest BCUT2D eigenvalue weighted by molar-refractivity contribution is -0.126. The minimum absolute atomic E-state index is 0.0618. The highest BCUT2D eigenvalue weighted by atomic mass is 32.1. The number of carbonyl (C=O) groups excluding carboxylic acids is 1. The van der Waals surface area contributed by atoms with Gasteiger partial charge in [0.1, 0.15) is 5.01 Å². The van der Waals surface area contributed by atoms with Crippen molar-refractivity contribution in [2.45, 2.75) is 45.2 Å². The van der Waals surface area contributed by atoms with Crippen LogP contribution in [0.15, 0.2) is 6.20 Å². The highest BCUT2D eigenvalue weighted by Gasteiger charge is 2.43. The number of nitrogens with two attached hydrogens (primary N) is 1. The quantitative estimate of drug-likeness (QED) is 0.834. The molecule has 1 saturated carbocycles. The molecule has 0 aliphatic heterocycles. The second-order valence-electron chi connectivity index (χ2n) is 4.81. The van der Waals surface area contributed by atoms with Crippen molar-refractivity contribution in [3.63, 3.8) is 0 Å². The van der Waals surface area contributed by atoms with Crippen molar-refractivity contribution < 1.29 is 4.79 Å². The van der Waals surface area contributed by atoms with Gasteiger partial charge in [-0.25, -0.2) is 4.98 Å². The second-order valence-corrected chi connectivity index (χ2v) is 6.01. The number of aromatic nitrogens is 1. The molecule has 1 fully saturated rings. The summed E-state index contributed by atoms with van der Waals surface area (Å²) in [6, 6.07) is 0. The average molecular weight is 253 g/mol. The van der Waals surface area contributed by atoms with Gasteiger partial charge < -0.3 is 11.1 Å². The lowest BCUT2D eigenvalue weighted by Crippen LogP contribution is -2.53. The number of hydrogen-bond donors (Lipinski definition) is 2. The number of amides is 1. The molecule has 1 heterocycles. The maximum atomic E-state index is 11.9. The molecule has 0 aromatic carbocycles. The van der Waals surface area contributed by atoms with E-state index in [2.05, 4.69) is 17.2 Å². The van der Waals surface area contributed by atoms with Crippen molar-refractivity contribution in [3.8, 4) is 0 Å². The molecule has 0 radical (unpaired) electrons. The third-order valence-corrected chi connectivity index (χ3v) is 4.41. The van der Waals surface area contributed by atoms with Crippen LogP contribution in [0.4, 0.5) is 0 Å². The number of thiazole rings is 1. The summed E-state index contributed by atoms with van der Waals surface area (Å²) in [5.74, 6) is 0.290. The molecule has 2 rings (SSSR count). The molecule has 0 bridgehead atoms. The van der Waals surface area contributed by atoms with Gasteiger partial charge in [-0.15, -0.1) is 11.3 Å². The van der Waals surface area contributed by atoms with Gasteiger partial charge in [0.15, 0.2) is 0 Å². The Hall–Kier alpha value is -0.940. The van der Waals surface area contributed by atoms with Crippen molar-refractivity contribution in [2.24, 2.45) is 11.7 Å². The highest BCUT2D eigenvalue weighted by Crippen LogP contribution is 2.38. The lowest BCUT2D eigenvalue weighted by atomic mass is 9.96. The Bertz CT molecular complexity index is 410. The number of carbonyl (C=O) groups is 1. The first-order valence-corrected chi connectivity index (χ1v) is 6.86. The summed E-state index contributed by atoms with van der Waals surface area (Å²) in [5, 5.41) is 3.83. The van der Waals surface area contributed by atoms with Gasteiger partial charge in [-0.05, 0) is 32.1 Å². The van der Waals surface area contributed by atoms with E-state index in [1.165, 1.54) is 4.88 Å². The maximum Gasteiger partial charge on any atom is 0.240 e. The number of nitrogens with zero attached hydrogens (tertiary/aromatic N) is 1. The third-order valence-electron chi connectivity index (χ3n) is 3.26. The molecule has 1 aromatic heterocycles. The van der Waals surface area contributed by atoms with E-state index in [4.69, 9.17) is 5.73 Å². The van der Waals surface area contributed by atoms with E-state index in [1.54, 1.807) is 11.3 Å². The Kier molecular flexibility index (Phi) is 3.49. The van der Waals surface area contributed by atoms with Crippen LogP contribution in [0.25, 0.3) is 0 Å². The zero-order chi connectivity index (χ0) is 12.5. The molecular weight excluding hydrogens is 234 g/mol. The molecule has 1 atom stereocenters. The molecule has 0 saturated heterocycles. The number of hydrogen-bond acceptors (Lipinski definition) is 4. The van der Waals surface area contributed by atoms with Crippen LogP contribution in [0, 0.1) is 5.92 Å². The molecule has 1 aliphatic carbocycles. The summed E-state index contributed by atoms with van der Waals surface area (Å²) < 4.78 is 0. The van der Waals surface area contributed by atoms with Crippen molar-refractivity contribution in [3.05, 3.63) is 16.1 Å². The van der Waals surface area contributed by atoms with Crippen LogP contribution < -0.4 is 11.1 Å². The van der Waals surface area contributed by atoms with Gasteiger partial charge in [0.2, 0.25) is 5.91 Å². The van der Waals surface area contributed by atoms with Crippen LogP contribution in [-0.4, -0.2) is 16.4 Å². The SMILES string of the molecule is CCc1cnc(CNC(=O)C(C)(N)C2CC2)s1. The highest BCUT2D eigenvalue weighted by molar-refractivity contribution is 7.11. The summed E-state index contributed by atoms with van der Waals surface area (Å²) in [7, 11) is 0. The first kappa shape index (κ1) is 12.5. The molecular formula is C12H19N3OS. The summed E-state index contributed by atoms with van der Waals surface area (Å²) in [5.41, 5.74) is 5.31. The summed E-state index contributed by atoms with van der Waals surface area (Å²) in [6.45, 7) is 4.41. The summed E-state index contributed by atoms with van der Waals surface area (Å²) >= 11 is 1.64. The molecule has 17 heavy (non-hydrogen) atoms. The average Bonchev–Trinajstić information content (AvgIpc) is 3.07. The normalized spacial score (nSPS) is 18.8. The second kappa shape index (κ2) is 4.74. The van der Waals surface area contributed by atoms with E-state index in [0.717, 1.165) is 24.3 Å². The van der Waals surface area contributed by atoms with Gasteiger partial charge in [0.25, 0.3) is 0 Å². The van der Waals surface area contributed by atoms with Gasteiger partial charge >= 0.3 is 0 Å². The van der Waals surface area contributed by atoms with Gasteiger partial charge in [-0.1, -0.05) is 6.92 Å². The zero-order valence-corrected chi connectivity index (χ0v) is 11.1. The first-order valence-electron chi connectivity index (χ1n) is 6.04. The Morgan fingerprint density at radius 2 is 2.41 bits per heavy atom. The standard InChI is InChI=1S/C12H19N3OS/c1-3-9-6-14-10(17-9)7-15-11(16)12(2,13)8-4-5-8/h6,8H,3-5,7,13H2,1-2H3,(H,15,16).